The standard InChI is InChI=1S/C10H22NO2PS/c1-5-11-8-12-14(15)13-10(4)7-6-9(2)3/h7,9,11,14H,5-6,8H2,1-4H3. The van der Waals surface area contributed by atoms with E-state index in [1.807, 2.05) is 13.8 Å². The van der Waals surface area contributed by atoms with Gasteiger partial charge in [0.1, 0.15) is 6.73 Å². The van der Waals surface area contributed by atoms with Gasteiger partial charge in [-0.15, -0.1) is 0 Å². The molecular formula is C10H22NO2PS. The van der Waals surface area contributed by atoms with Crippen molar-refractivity contribution in [1.82, 2.24) is 5.32 Å². The van der Waals surface area contributed by atoms with E-state index in [4.69, 9.17) is 20.9 Å². The van der Waals surface area contributed by atoms with Crippen molar-refractivity contribution in [1.29, 1.82) is 0 Å². The molecule has 0 radical (unpaired) electrons. The molecule has 1 N–H and O–H groups in total. The largest absolute Gasteiger partial charge is 0.451 e. The molecule has 0 bridgehead atoms. The highest BCUT2D eigenvalue weighted by Crippen LogP contribution is 2.27. The fourth-order valence-electron chi connectivity index (χ4n) is 0.816. The summed E-state index contributed by atoms with van der Waals surface area (Å²) in [6.07, 6.45) is 3.09. The zero-order valence-corrected chi connectivity index (χ0v) is 11.8. The summed E-state index contributed by atoms with van der Waals surface area (Å²) in [7, 11) is -1.56. The number of rotatable bonds is 8. The predicted octanol–water partition coefficient (Wildman–Crippen LogP) is 3.04. The molecule has 0 aromatic carbocycles. The summed E-state index contributed by atoms with van der Waals surface area (Å²) >= 11 is 5.08. The van der Waals surface area contributed by atoms with Crippen LogP contribution in [0.1, 0.15) is 34.1 Å². The predicted molar refractivity (Wildman–Crippen MR) is 69.6 cm³/mol. The van der Waals surface area contributed by atoms with Gasteiger partial charge in [-0.3, -0.25) is 5.32 Å². The first-order valence-electron chi connectivity index (χ1n) is 5.28. The Morgan fingerprint density at radius 2 is 2.20 bits per heavy atom. The maximum atomic E-state index is 5.46. The smallest absolute Gasteiger partial charge is 0.226 e. The molecular weight excluding hydrogens is 229 g/mol. The van der Waals surface area contributed by atoms with Crippen LogP contribution in [0.5, 0.6) is 0 Å². The van der Waals surface area contributed by atoms with E-state index in [2.05, 4.69) is 25.2 Å². The van der Waals surface area contributed by atoms with E-state index in [0.29, 0.717) is 12.6 Å². The molecule has 15 heavy (non-hydrogen) atoms. The van der Waals surface area contributed by atoms with Gasteiger partial charge in [0.15, 0.2) is 0 Å². The molecule has 0 aliphatic rings. The van der Waals surface area contributed by atoms with E-state index in [-0.39, 0.29) is 0 Å². The zero-order chi connectivity index (χ0) is 11.7. The molecule has 1 unspecified atom stereocenters. The van der Waals surface area contributed by atoms with Crippen molar-refractivity contribution in [3.05, 3.63) is 11.8 Å². The summed E-state index contributed by atoms with van der Waals surface area (Å²) in [5, 5.41) is 3.04. The van der Waals surface area contributed by atoms with E-state index in [1.165, 1.54) is 0 Å². The fraction of sp³-hybridized carbons (Fsp3) is 0.800. The lowest BCUT2D eigenvalue weighted by atomic mass is 10.1. The maximum Gasteiger partial charge on any atom is 0.226 e. The molecule has 0 aromatic rings. The van der Waals surface area contributed by atoms with Crippen LogP contribution in [0.2, 0.25) is 0 Å². The van der Waals surface area contributed by atoms with Crippen LogP contribution in [0.25, 0.3) is 0 Å². The van der Waals surface area contributed by atoms with E-state index in [0.717, 1.165) is 18.7 Å². The number of nitrogens with one attached hydrogen (secondary N) is 1. The third kappa shape index (κ3) is 10.4. The van der Waals surface area contributed by atoms with Crippen molar-refractivity contribution in [3.63, 3.8) is 0 Å². The molecule has 3 nitrogen and oxygen atoms in total. The zero-order valence-electron chi connectivity index (χ0n) is 10.0. The summed E-state index contributed by atoms with van der Waals surface area (Å²) in [5.41, 5.74) is 0. The first-order chi connectivity index (χ1) is 7.06. The van der Waals surface area contributed by atoms with Gasteiger partial charge in [-0.2, -0.15) is 0 Å². The van der Waals surface area contributed by atoms with Gasteiger partial charge >= 0.3 is 0 Å². The third-order valence-corrected chi connectivity index (χ3v) is 3.14. The van der Waals surface area contributed by atoms with Crippen LogP contribution < -0.4 is 5.32 Å². The normalized spacial score (nSPS) is 14.3. The third-order valence-electron chi connectivity index (χ3n) is 1.66. The van der Waals surface area contributed by atoms with Crippen LogP contribution in [0.4, 0.5) is 0 Å². The molecule has 1 atom stereocenters. The van der Waals surface area contributed by atoms with E-state index < -0.39 is 7.15 Å². The highest BCUT2D eigenvalue weighted by Gasteiger charge is 1.97. The monoisotopic (exact) mass is 251 g/mol. The van der Waals surface area contributed by atoms with Crippen molar-refractivity contribution in [3.8, 4) is 0 Å². The lowest BCUT2D eigenvalue weighted by Gasteiger charge is -2.10. The van der Waals surface area contributed by atoms with Gasteiger partial charge in [0.05, 0.1) is 5.76 Å². The number of hydrogen-bond donors (Lipinski definition) is 1. The van der Waals surface area contributed by atoms with E-state index in [9.17, 15) is 0 Å². The van der Waals surface area contributed by atoms with E-state index >= 15 is 0 Å². The summed E-state index contributed by atoms with van der Waals surface area (Å²) < 4.78 is 10.8. The average molecular weight is 251 g/mol. The van der Waals surface area contributed by atoms with Gasteiger partial charge in [-0.1, -0.05) is 20.8 Å². The summed E-state index contributed by atoms with van der Waals surface area (Å²) in [6.45, 7) is 9.65. The van der Waals surface area contributed by atoms with Crippen molar-refractivity contribution in [2.75, 3.05) is 13.3 Å². The van der Waals surface area contributed by atoms with Crippen LogP contribution in [0.3, 0.4) is 0 Å². The Morgan fingerprint density at radius 1 is 1.53 bits per heavy atom. The molecule has 0 fully saturated rings. The van der Waals surface area contributed by atoms with Gasteiger partial charge in [-0.05, 0) is 43.7 Å². The van der Waals surface area contributed by atoms with Crippen LogP contribution in [0.15, 0.2) is 11.8 Å². The summed E-state index contributed by atoms with van der Waals surface area (Å²) in [4.78, 5) is 0. The van der Waals surface area contributed by atoms with Gasteiger partial charge in [-0.25, -0.2) is 0 Å². The first kappa shape index (κ1) is 15.1. The molecule has 0 aliphatic heterocycles. The maximum absolute atomic E-state index is 5.46. The molecule has 0 aliphatic carbocycles. The number of allylic oxidation sites excluding steroid dienone is 2. The van der Waals surface area contributed by atoms with Crippen molar-refractivity contribution in [2.45, 2.75) is 34.1 Å². The van der Waals surface area contributed by atoms with Gasteiger partial charge in [0, 0.05) is 0 Å². The first-order valence-corrected chi connectivity index (χ1v) is 7.73. The molecule has 0 amide bonds. The number of hydrogen-bond acceptors (Lipinski definition) is 4. The molecule has 0 heterocycles. The second-order valence-corrected chi connectivity index (χ2v) is 5.68. The SMILES string of the molecule is CCNCO[PH](=S)OC(C)=CCC(C)C. The summed E-state index contributed by atoms with van der Waals surface area (Å²) in [6, 6.07) is 0. The molecule has 0 saturated heterocycles. The Hall–Kier alpha value is 0.110. The highest BCUT2D eigenvalue weighted by molar-refractivity contribution is 8.00. The van der Waals surface area contributed by atoms with Crippen LogP contribution >= 0.6 is 7.15 Å². The van der Waals surface area contributed by atoms with Crippen molar-refractivity contribution < 1.29 is 9.05 Å². The minimum atomic E-state index is -1.56. The molecule has 0 spiro atoms. The molecule has 90 valence electrons. The van der Waals surface area contributed by atoms with Crippen LogP contribution in [0, 0.1) is 5.92 Å². The van der Waals surface area contributed by atoms with Crippen LogP contribution in [-0.2, 0) is 20.9 Å². The Kier molecular flexibility index (Phi) is 9.41. The second-order valence-electron chi connectivity index (χ2n) is 3.69. The Morgan fingerprint density at radius 3 is 2.73 bits per heavy atom. The average Bonchev–Trinajstić information content (AvgIpc) is 2.15. The Bertz CT molecular complexity index is 219. The minimum Gasteiger partial charge on any atom is -0.451 e. The van der Waals surface area contributed by atoms with Crippen LogP contribution in [-0.4, -0.2) is 13.3 Å². The van der Waals surface area contributed by atoms with Gasteiger partial charge in [0.25, 0.3) is 0 Å². The highest BCUT2D eigenvalue weighted by atomic mass is 32.4. The van der Waals surface area contributed by atoms with Crippen molar-refractivity contribution in [2.24, 2.45) is 5.92 Å². The minimum absolute atomic E-state index is 0.478. The van der Waals surface area contributed by atoms with E-state index in [1.54, 1.807) is 0 Å². The van der Waals surface area contributed by atoms with Gasteiger partial charge in [0.2, 0.25) is 7.15 Å². The van der Waals surface area contributed by atoms with Gasteiger partial charge < -0.3 is 9.05 Å². The topological polar surface area (TPSA) is 30.5 Å². The molecule has 0 saturated carbocycles. The summed E-state index contributed by atoms with van der Waals surface area (Å²) in [5.74, 6) is 1.52. The van der Waals surface area contributed by atoms with Crippen molar-refractivity contribution >= 4 is 19.0 Å². The molecule has 0 rings (SSSR count). The lowest BCUT2D eigenvalue weighted by Crippen LogP contribution is -2.14. The quantitative estimate of drug-likeness (QED) is 0.311. The molecule has 5 heteroatoms. The second kappa shape index (κ2) is 9.34. The Labute approximate surface area is 98.8 Å². The fourth-order valence-corrected chi connectivity index (χ4v) is 2.01. The Balaban J connectivity index is 3.70. The lowest BCUT2D eigenvalue weighted by molar-refractivity contribution is 0.279. The molecule has 0 aromatic heterocycles.